The quantitative estimate of drug-likeness (QED) is 0.801. The van der Waals surface area contributed by atoms with Crippen LogP contribution in [0.1, 0.15) is 32.3 Å². The van der Waals surface area contributed by atoms with Crippen molar-refractivity contribution in [3.05, 3.63) is 23.8 Å². The Balaban J connectivity index is 2.93. The first-order chi connectivity index (χ1) is 7.58. The van der Waals surface area contributed by atoms with Crippen molar-refractivity contribution in [2.24, 2.45) is 0 Å². The minimum absolute atomic E-state index is 0.202. The third-order valence-corrected chi connectivity index (χ3v) is 3.50. The van der Waals surface area contributed by atoms with Crippen LogP contribution in [-0.4, -0.2) is 24.1 Å². The van der Waals surface area contributed by atoms with Crippen LogP contribution < -0.4 is 4.74 Å². The summed E-state index contributed by atoms with van der Waals surface area (Å²) in [4.78, 5) is 1.19. The van der Waals surface area contributed by atoms with Gasteiger partial charge in [0.15, 0.2) is 0 Å². The second kappa shape index (κ2) is 6.16. The molecule has 0 saturated heterocycles. The third kappa shape index (κ3) is 3.42. The van der Waals surface area contributed by atoms with E-state index in [1.807, 2.05) is 19.1 Å². The summed E-state index contributed by atoms with van der Waals surface area (Å²) in [5.74, 6) is 1.39. The van der Waals surface area contributed by atoms with E-state index in [1.54, 1.807) is 18.9 Å². The van der Waals surface area contributed by atoms with Crippen LogP contribution in [0.15, 0.2) is 23.1 Å². The highest BCUT2D eigenvalue weighted by Crippen LogP contribution is 2.32. The monoisotopic (exact) mass is 240 g/mol. The summed E-state index contributed by atoms with van der Waals surface area (Å²) in [5.41, 5.74) is 1.22. The number of methoxy groups -OCH3 is 1. The molecule has 1 rings (SSSR count). The molecule has 0 aliphatic rings. The second-order valence-electron chi connectivity index (χ2n) is 4.17. The maximum Gasteiger partial charge on any atom is 0.122 e. The van der Waals surface area contributed by atoms with Gasteiger partial charge in [-0.15, -0.1) is 11.8 Å². The lowest BCUT2D eigenvalue weighted by Crippen LogP contribution is -2.02. The number of aliphatic hydroxyl groups excluding tert-OH is 1. The molecular weight excluding hydrogens is 220 g/mol. The minimum Gasteiger partial charge on any atom is -0.496 e. The Morgan fingerprint density at radius 1 is 1.31 bits per heavy atom. The minimum atomic E-state index is 0.202. The number of rotatable bonds is 5. The molecule has 0 fully saturated rings. The van der Waals surface area contributed by atoms with Gasteiger partial charge in [-0.3, -0.25) is 0 Å². The van der Waals surface area contributed by atoms with Crippen LogP contribution in [0.25, 0.3) is 0 Å². The SMILES string of the molecule is COc1ccc(SC(C)CO)cc1C(C)C. The van der Waals surface area contributed by atoms with Crippen molar-refractivity contribution < 1.29 is 9.84 Å². The van der Waals surface area contributed by atoms with E-state index in [4.69, 9.17) is 9.84 Å². The maximum absolute atomic E-state index is 9.03. The van der Waals surface area contributed by atoms with E-state index < -0.39 is 0 Å². The summed E-state index contributed by atoms with van der Waals surface area (Å²) in [6.45, 7) is 6.53. The summed E-state index contributed by atoms with van der Waals surface area (Å²) in [5, 5.41) is 9.26. The van der Waals surface area contributed by atoms with Gasteiger partial charge in [0.1, 0.15) is 5.75 Å². The van der Waals surface area contributed by atoms with Gasteiger partial charge < -0.3 is 9.84 Å². The van der Waals surface area contributed by atoms with Crippen molar-refractivity contribution in [2.45, 2.75) is 36.8 Å². The maximum atomic E-state index is 9.03. The lowest BCUT2D eigenvalue weighted by Gasteiger charge is -2.14. The van der Waals surface area contributed by atoms with E-state index >= 15 is 0 Å². The normalized spacial score (nSPS) is 12.9. The number of benzene rings is 1. The number of hydrogen-bond acceptors (Lipinski definition) is 3. The zero-order chi connectivity index (χ0) is 12.1. The highest BCUT2D eigenvalue weighted by molar-refractivity contribution is 8.00. The molecule has 3 heteroatoms. The summed E-state index contributed by atoms with van der Waals surface area (Å²) in [7, 11) is 1.70. The summed E-state index contributed by atoms with van der Waals surface area (Å²) < 4.78 is 5.33. The van der Waals surface area contributed by atoms with Gasteiger partial charge in [-0.1, -0.05) is 20.8 Å². The third-order valence-electron chi connectivity index (χ3n) is 2.42. The summed E-state index contributed by atoms with van der Waals surface area (Å²) >= 11 is 1.69. The standard InChI is InChI=1S/C13H20O2S/c1-9(2)12-7-11(16-10(3)8-14)5-6-13(12)15-4/h5-7,9-10,14H,8H2,1-4H3. The van der Waals surface area contributed by atoms with Crippen molar-refractivity contribution in [1.82, 2.24) is 0 Å². The molecule has 0 amide bonds. The number of ether oxygens (including phenoxy) is 1. The Morgan fingerprint density at radius 2 is 2.00 bits per heavy atom. The lowest BCUT2D eigenvalue weighted by atomic mass is 10.0. The Hall–Kier alpha value is -0.670. The average Bonchev–Trinajstić information content (AvgIpc) is 2.28. The van der Waals surface area contributed by atoms with Crippen molar-refractivity contribution in [3.8, 4) is 5.75 Å². The second-order valence-corrected chi connectivity index (χ2v) is 5.68. The molecule has 90 valence electrons. The van der Waals surface area contributed by atoms with Gasteiger partial charge in [0.25, 0.3) is 0 Å². The molecule has 0 aromatic heterocycles. The van der Waals surface area contributed by atoms with Gasteiger partial charge in [-0.05, 0) is 29.7 Å². The predicted molar refractivity (Wildman–Crippen MR) is 69.5 cm³/mol. The summed E-state index contributed by atoms with van der Waals surface area (Å²) in [6, 6.07) is 6.20. The lowest BCUT2D eigenvalue weighted by molar-refractivity contribution is 0.300. The van der Waals surface area contributed by atoms with Gasteiger partial charge in [-0.25, -0.2) is 0 Å². The van der Waals surface area contributed by atoms with Crippen LogP contribution in [0.4, 0.5) is 0 Å². The molecule has 1 aromatic rings. The van der Waals surface area contributed by atoms with Crippen LogP contribution in [0, 0.1) is 0 Å². The van der Waals surface area contributed by atoms with E-state index in [0.29, 0.717) is 5.92 Å². The van der Waals surface area contributed by atoms with Gasteiger partial charge in [0, 0.05) is 10.1 Å². The van der Waals surface area contributed by atoms with Crippen molar-refractivity contribution >= 4 is 11.8 Å². The molecule has 0 spiro atoms. The Labute approximate surface area is 102 Å². The molecule has 0 radical (unpaired) electrons. The van der Waals surface area contributed by atoms with E-state index in [-0.39, 0.29) is 11.9 Å². The molecule has 1 N–H and O–H groups in total. The van der Waals surface area contributed by atoms with Crippen LogP contribution in [-0.2, 0) is 0 Å². The Kier molecular flexibility index (Phi) is 5.16. The van der Waals surface area contributed by atoms with Gasteiger partial charge >= 0.3 is 0 Å². The van der Waals surface area contributed by atoms with Crippen LogP contribution >= 0.6 is 11.8 Å². The van der Waals surface area contributed by atoms with Crippen LogP contribution in [0.5, 0.6) is 5.75 Å². The van der Waals surface area contributed by atoms with Crippen molar-refractivity contribution in [1.29, 1.82) is 0 Å². The summed E-state index contributed by atoms with van der Waals surface area (Å²) in [6.07, 6.45) is 0. The van der Waals surface area contributed by atoms with Crippen molar-refractivity contribution in [2.75, 3.05) is 13.7 Å². The molecule has 1 atom stereocenters. The first kappa shape index (κ1) is 13.4. The molecule has 1 unspecified atom stereocenters. The molecular formula is C13H20O2S. The van der Waals surface area contributed by atoms with Crippen LogP contribution in [0.3, 0.4) is 0 Å². The molecule has 0 aliphatic carbocycles. The van der Waals surface area contributed by atoms with Gasteiger partial charge in [-0.2, -0.15) is 0 Å². The average molecular weight is 240 g/mol. The predicted octanol–water partition coefficient (Wildman–Crippen LogP) is 3.29. The fraction of sp³-hybridized carbons (Fsp3) is 0.538. The van der Waals surface area contributed by atoms with Crippen molar-refractivity contribution in [3.63, 3.8) is 0 Å². The highest BCUT2D eigenvalue weighted by atomic mass is 32.2. The molecule has 0 saturated carbocycles. The smallest absolute Gasteiger partial charge is 0.122 e. The number of aliphatic hydroxyl groups is 1. The Morgan fingerprint density at radius 3 is 2.50 bits per heavy atom. The molecule has 16 heavy (non-hydrogen) atoms. The van der Waals surface area contributed by atoms with Gasteiger partial charge in [0.2, 0.25) is 0 Å². The fourth-order valence-electron chi connectivity index (χ4n) is 1.51. The topological polar surface area (TPSA) is 29.5 Å². The first-order valence-corrected chi connectivity index (χ1v) is 6.42. The first-order valence-electron chi connectivity index (χ1n) is 5.54. The molecule has 1 aromatic carbocycles. The van der Waals surface area contributed by atoms with E-state index in [0.717, 1.165) is 5.75 Å². The van der Waals surface area contributed by atoms with E-state index in [1.165, 1.54) is 10.5 Å². The zero-order valence-electron chi connectivity index (χ0n) is 10.4. The highest BCUT2D eigenvalue weighted by Gasteiger charge is 2.10. The molecule has 0 aliphatic heterocycles. The molecule has 0 heterocycles. The molecule has 0 bridgehead atoms. The molecule has 2 nitrogen and oxygen atoms in total. The largest absolute Gasteiger partial charge is 0.496 e. The van der Waals surface area contributed by atoms with E-state index in [2.05, 4.69) is 19.9 Å². The Bertz CT molecular complexity index is 337. The number of thioether (sulfide) groups is 1. The fourth-order valence-corrected chi connectivity index (χ4v) is 2.39. The van der Waals surface area contributed by atoms with Gasteiger partial charge in [0.05, 0.1) is 13.7 Å². The van der Waals surface area contributed by atoms with Crippen LogP contribution in [0.2, 0.25) is 0 Å². The number of hydrogen-bond donors (Lipinski definition) is 1. The zero-order valence-corrected chi connectivity index (χ0v) is 11.2. The van der Waals surface area contributed by atoms with E-state index in [9.17, 15) is 0 Å².